The number of esters is 4. The predicted molar refractivity (Wildman–Crippen MR) is 123 cm³/mol. The molecule has 1 N–H and O–H groups in total. The van der Waals surface area contributed by atoms with Crippen LogP contribution in [0.15, 0.2) is 25.3 Å². The second kappa shape index (κ2) is 24.8. The van der Waals surface area contributed by atoms with E-state index in [9.17, 15) is 38.4 Å². The molecule has 202 valence electrons. The summed E-state index contributed by atoms with van der Waals surface area (Å²) >= 11 is 14.0. The van der Waals surface area contributed by atoms with Gasteiger partial charge in [0.2, 0.25) is 5.24 Å². The number of hydrogen-bond acceptors (Lipinski definition) is 12. The van der Waals surface area contributed by atoms with Crippen LogP contribution in [0.2, 0.25) is 0 Å². The highest BCUT2D eigenvalue weighted by Gasteiger charge is 2.07. The maximum absolute atomic E-state index is 10.9. The molecular weight excluding hydrogens is 555 g/mol. The Balaban J connectivity index is -0.000000495. The molecule has 0 aromatic carbocycles. The second-order valence-corrected chi connectivity index (χ2v) is 6.59. The van der Waals surface area contributed by atoms with E-state index in [1.165, 1.54) is 0 Å². The van der Waals surface area contributed by atoms with Crippen LogP contribution < -0.4 is 0 Å². The van der Waals surface area contributed by atoms with Gasteiger partial charge in [-0.05, 0) is 34.8 Å². The fourth-order valence-electron chi connectivity index (χ4n) is 1.27. The SMILES string of the molecule is C=CC(=O)OCCOC(=O)CCC(=O)Cl.C=CC(=O)OCCOC(=O)CCC(=O)O.O=C(Cl)C(=O)Cl. The Morgan fingerprint density at radius 2 is 0.917 bits per heavy atom. The third-order valence-electron chi connectivity index (χ3n) is 2.74. The number of carboxylic acid groups (broad SMARTS) is 1. The molecule has 0 spiro atoms. The largest absolute Gasteiger partial charge is 0.481 e. The molecule has 0 rings (SSSR count). The van der Waals surface area contributed by atoms with Crippen molar-refractivity contribution in [1.82, 2.24) is 0 Å². The number of carbonyl (C=O) groups excluding carboxylic acids is 7. The van der Waals surface area contributed by atoms with Crippen LogP contribution in [0.4, 0.5) is 0 Å². The molecule has 13 nitrogen and oxygen atoms in total. The van der Waals surface area contributed by atoms with Gasteiger partial charge in [-0.1, -0.05) is 13.2 Å². The third kappa shape index (κ3) is 32.9. The van der Waals surface area contributed by atoms with Gasteiger partial charge in [-0.3, -0.25) is 28.8 Å². The van der Waals surface area contributed by atoms with Crippen molar-refractivity contribution in [3.8, 4) is 0 Å². The van der Waals surface area contributed by atoms with Crippen molar-refractivity contribution in [3.63, 3.8) is 0 Å². The number of hydrogen-bond donors (Lipinski definition) is 1. The number of ether oxygens (including phenoxy) is 4. The first kappa shape index (κ1) is 37.3. The van der Waals surface area contributed by atoms with Gasteiger partial charge in [-0.2, -0.15) is 0 Å². The summed E-state index contributed by atoms with van der Waals surface area (Å²) in [6, 6.07) is 0. The van der Waals surface area contributed by atoms with Crippen molar-refractivity contribution < 1.29 is 62.4 Å². The fourth-order valence-corrected chi connectivity index (χ4v) is 1.36. The van der Waals surface area contributed by atoms with E-state index < -0.39 is 45.6 Å². The molecule has 0 aliphatic rings. The van der Waals surface area contributed by atoms with Gasteiger partial charge in [0.1, 0.15) is 26.4 Å². The lowest BCUT2D eigenvalue weighted by molar-refractivity contribution is -0.151. The Bertz CT molecular complexity index is 743. The Morgan fingerprint density at radius 1 is 0.583 bits per heavy atom. The van der Waals surface area contributed by atoms with Crippen LogP contribution in [0.5, 0.6) is 0 Å². The highest BCUT2D eigenvalue weighted by molar-refractivity contribution is 6.97. The van der Waals surface area contributed by atoms with Gasteiger partial charge in [-0.15, -0.1) is 0 Å². The van der Waals surface area contributed by atoms with Crippen molar-refractivity contribution in [3.05, 3.63) is 25.3 Å². The Labute approximate surface area is 220 Å². The molecule has 36 heavy (non-hydrogen) atoms. The number of aliphatic carboxylic acids is 1. The van der Waals surface area contributed by atoms with Gasteiger partial charge in [0.25, 0.3) is 0 Å². The molecule has 0 aromatic rings. The van der Waals surface area contributed by atoms with Gasteiger partial charge >= 0.3 is 40.3 Å². The minimum Gasteiger partial charge on any atom is -0.481 e. The molecule has 0 radical (unpaired) electrons. The summed E-state index contributed by atoms with van der Waals surface area (Å²) in [7, 11) is 0. The molecule has 0 saturated heterocycles. The first-order valence-electron chi connectivity index (χ1n) is 9.45. The first-order chi connectivity index (χ1) is 16.8. The van der Waals surface area contributed by atoms with Crippen LogP contribution in [-0.2, 0) is 57.3 Å². The summed E-state index contributed by atoms with van der Waals surface area (Å²) in [5.41, 5.74) is 0. The molecule has 0 bridgehead atoms. The van der Waals surface area contributed by atoms with Crippen LogP contribution in [0.1, 0.15) is 25.7 Å². The van der Waals surface area contributed by atoms with Gasteiger partial charge < -0.3 is 24.1 Å². The molecule has 0 unspecified atom stereocenters. The van der Waals surface area contributed by atoms with Crippen LogP contribution in [0.3, 0.4) is 0 Å². The second-order valence-electron chi connectivity index (χ2n) is 5.48. The zero-order valence-electron chi connectivity index (χ0n) is 18.7. The van der Waals surface area contributed by atoms with E-state index in [1.807, 2.05) is 0 Å². The average Bonchev–Trinajstić information content (AvgIpc) is 2.82. The quantitative estimate of drug-likeness (QED) is 0.0734. The smallest absolute Gasteiger partial charge is 0.330 e. The molecule has 0 atom stereocenters. The number of halogens is 3. The van der Waals surface area contributed by atoms with E-state index in [0.29, 0.717) is 0 Å². The van der Waals surface area contributed by atoms with Crippen molar-refractivity contribution in [2.45, 2.75) is 25.7 Å². The molecule has 0 aromatic heterocycles. The minimum absolute atomic E-state index is 0.0363. The average molecular weight is 578 g/mol. The minimum atomic E-state index is -1.14. The van der Waals surface area contributed by atoms with E-state index in [2.05, 4.69) is 55.3 Å². The highest BCUT2D eigenvalue weighted by atomic mass is 35.5. The molecular formula is C20H23Cl3O13. The van der Waals surface area contributed by atoms with Gasteiger partial charge in [0.15, 0.2) is 0 Å². The zero-order chi connectivity index (χ0) is 28.5. The summed E-state index contributed by atoms with van der Waals surface area (Å²) in [6.45, 7) is 6.13. The molecule has 0 heterocycles. The van der Waals surface area contributed by atoms with Crippen molar-refractivity contribution in [1.29, 1.82) is 0 Å². The van der Waals surface area contributed by atoms with Crippen molar-refractivity contribution in [2.24, 2.45) is 0 Å². The van der Waals surface area contributed by atoms with E-state index >= 15 is 0 Å². The number of carboxylic acids is 1. The molecule has 16 heteroatoms. The lowest BCUT2D eigenvalue weighted by Crippen LogP contribution is -2.13. The molecule has 0 amide bonds. The number of carbonyl (C=O) groups is 8. The Morgan fingerprint density at radius 3 is 1.19 bits per heavy atom. The molecule has 0 aliphatic heterocycles. The Hall–Kier alpha value is -3.29. The third-order valence-corrected chi connectivity index (χ3v) is 3.37. The van der Waals surface area contributed by atoms with Crippen LogP contribution >= 0.6 is 34.8 Å². The summed E-state index contributed by atoms with van der Waals surface area (Å²) in [6.07, 6.45) is 1.40. The van der Waals surface area contributed by atoms with E-state index in [4.69, 9.17) is 16.7 Å². The molecule has 0 fully saturated rings. The van der Waals surface area contributed by atoms with E-state index in [-0.39, 0.29) is 52.1 Å². The highest BCUT2D eigenvalue weighted by Crippen LogP contribution is 1.97. The van der Waals surface area contributed by atoms with Crippen LogP contribution in [-0.4, -0.2) is 77.1 Å². The van der Waals surface area contributed by atoms with E-state index in [0.717, 1.165) is 12.2 Å². The van der Waals surface area contributed by atoms with Gasteiger partial charge in [-0.25, -0.2) is 9.59 Å². The monoisotopic (exact) mass is 576 g/mol. The predicted octanol–water partition coefficient (Wildman–Crippen LogP) is 1.45. The van der Waals surface area contributed by atoms with E-state index in [1.54, 1.807) is 0 Å². The van der Waals surface area contributed by atoms with Gasteiger partial charge in [0.05, 0.1) is 19.3 Å². The summed E-state index contributed by atoms with van der Waals surface area (Å²) in [5.74, 6) is -3.44. The van der Waals surface area contributed by atoms with Crippen LogP contribution in [0.25, 0.3) is 0 Å². The first-order valence-corrected chi connectivity index (χ1v) is 10.6. The maximum Gasteiger partial charge on any atom is 0.330 e. The zero-order valence-corrected chi connectivity index (χ0v) is 21.0. The number of rotatable bonds is 15. The lowest BCUT2D eigenvalue weighted by atomic mass is 10.3. The summed E-state index contributed by atoms with van der Waals surface area (Å²) in [5, 5.41) is 5.37. The Kier molecular flexibility index (Phi) is 25.7. The standard InChI is InChI=1S/C9H11ClO5.C9H12O6.C2Cl2O2/c2*1-2-8(12)14-5-6-15-9(13)4-3-7(10)11;3-1(5)2(4)6/h2H,1,3-6H2;2H,1,3-6H2,(H,10,11);. The van der Waals surface area contributed by atoms with Crippen LogP contribution in [0, 0.1) is 0 Å². The molecule has 0 saturated carbocycles. The fraction of sp³-hybridized carbons (Fsp3) is 0.400. The van der Waals surface area contributed by atoms with Gasteiger partial charge in [0, 0.05) is 18.6 Å². The lowest BCUT2D eigenvalue weighted by Gasteiger charge is -2.03. The molecule has 0 aliphatic carbocycles. The topological polar surface area (TPSA) is 194 Å². The van der Waals surface area contributed by atoms with Crippen molar-refractivity contribution >= 4 is 80.4 Å². The normalized spacial score (nSPS) is 8.86. The summed E-state index contributed by atoms with van der Waals surface area (Å²) in [4.78, 5) is 81.9. The summed E-state index contributed by atoms with van der Waals surface area (Å²) < 4.78 is 18.3. The maximum atomic E-state index is 10.9. The van der Waals surface area contributed by atoms with Crippen molar-refractivity contribution in [2.75, 3.05) is 26.4 Å².